The highest BCUT2D eigenvalue weighted by molar-refractivity contribution is 5.73. The third kappa shape index (κ3) is 1.93. The second kappa shape index (κ2) is 4.97. The molecule has 1 aromatic carbocycles. The minimum Gasteiger partial charge on any atom is -0.372 e. The van der Waals surface area contributed by atoms with Crippen molar-refractivity contribution in [1.82, 2.24) is 25.2 Å². The van der Waals surface area contributed by atoms with Gasteiger partial charge in [-0.2, -0.15) is 10.2 Å². The SMILES string of the molecule is COC1(c2cn(N3C=NC4c5ccccc5N5CN(F)C=C5N43)nn2)CC1. The molecule has 0 radical (unpaired) electrons. The number of ether oxygens (including phenoxy) is 1. The Labute approximate surface area is 154 Å². The number of anilines is 1. The average molecular weight is 368 g/mol. The number of para-hydroxylation sites is 1. The number of halogens is 1. The maximum atomic E-state index is 14.1. The normalized spacial score (nSPS) is 24.1. The molecular formula is C17H17FN8O. The third-order valence-corrected chi connectivity index (χ3v) is 5.57. The van der Waals surface area contributed by atoms with Crippen LogP contribution in [0.3, 0.4) is 0 Å². The smallest absolute Gasteiger partial charge is 0.173 e. The van der Waals surface area contributed by atoms with Crippen molar-refractivity contribution in [1.29, 1.82) is 0 Å². The second-order valence-corrected chi connectivity index (χ2v) is 7.04. The van der Waals surface area contributed by atoms with E-state index in [2.05, 4.69) is 15.3 Å². The van der Waals surface area contributed by atoms with E-state index in [1.807, 2.05) is 40.4 Å². The van der Waals surface area contributed by atoms with E-state index in [9.17, 15) is 4.48 Å². The van der Waals surface area contributed by atoms with Crippen LogP contribution in [0.4, 0.5) is 10.2 Å². The predicted octanol–water partition coefficient (Wildman–Crippen LogP) is 1.59. The first-order valence-corrected chi connectivity index (χ1v) is 8.81. The summed E-state index contributed by atoms with van der Waals surface area (Å²) < 4.78 is 19.7. The third-order valence-electron chi connectivity index (χ3n) is 5.57. The zero-order valence-electron chi connectivity index (χ0n) is 14.6. The molecule has 0 N–H and O–H groups in total. The Morgan fingerprint density at radius 3 is 2.93 bits per heavy atom. The molecule has 138 valence electrons. The minimum absolute atomic E-state index is 0.138. The largest absolute Gasteiger partial charge is 0.372 e. The zero-order chi connectivity index (χ0) is 18.2. The lowest BCUT2D eigenvalue weighted by Gasteiger charge is -2.41. The summed E-state index contributed by atoms with van der Waals surface area (Å²) in [5.41, 5.74) is 2.44. The molecule has 9 nitrogen and oxygen atoms in total. The van der Waals surface area contributed by atoms with Gasteiger partial charge in [-0.05, 0) is 24.1 Å². The Morgan fingerprint density at radius 1 is 1.26 bits per heavy atom. The number of benzene rings is 1. The molecular weight excluding hydrogens is 351 g/mol. The standard InChI is InChI=1S/C17H17FN8O/c1-27-17(6-7-17)14-8-24(21-20-14)25-10-19-16-12-4-2-3-5-13(12)23-11-22(18)9-15(23)26(16)25/h2-5,8-10,16H,6-7,11H2,1H3. The van der Waals surface area contributed by atoms with Gasteiger partial charge in [0.25, 0.3) is 0 Å². The average Bonchev–Trinajstić information content (AvgIpc) is 3.03. The predicted molar refractivity (Wildman–Crippen MR) is 94.1 cm³/mol. The van der Waals surface area contributed by atoms with Crippen LogP contribution in [0, 0.1) is 0 Å². The molecule has 27 heavy (non-hydrogen) atoms. The molecule has 1 atom stereocenters. The summed E-state index contributed by atoms with van der Waals surface area (Å²) in [6.07, 6.45) is 6.60. The van der Waals surface area contributed by atoms with Gasteiger partial charge in [0.15, 0.2) is 12.0 Å². The van der Waals surface area contributed by atoms with Crippen LogP contribution in [0.2, 0.25) is 0 Å². The van der Waals surface area contributed by atoms with Gasteiger partial charge in [-0.3, -0.25) is 0 Å². The van der Waals surface area contributed by atoms with Crippen LogP contribution in [0.15, 0.2) is 47.5 Å². The van der Waals surface area contributed by atoms with E-state index in [4.69, 9.17) is 4.74 Å². The number of rotatable bonds is 3. The first-order valence-electron chi connectivity index (χ1n) is 8.81. The topological polar surface area (TPSA) is 65.3 Å². The molecule has 0 bridgehead atoms. The van der Waals surface area contributed by atoms with Crippen molar-refractivity contribution in [3.63, 3.8) is 0 Å². The van der Waals surface area contributed by atoms with Gasteiger partial charge in [-0.1, -0.05) is 22.7 Å². The van der Waals surface area contributed by atoms with Crippen molar-refractivity contribution in [2.45, 2.75) is 24.6 Å². The van der Waals surface area contributed by atoms with E-state index in [1.165, 1.54) is 6.20 Å². The second-order valence-electron chi connectivity index (χ2n) is 7.04. The number of nitrogens with zero attached hydrogens (tertiary/aromatic N) is 8. The first kappa shape index (κ1) is 15.0. The molecule has 1 fully saturated rings. The lowest BCUT2D eigenvalue weighted by Crippen LogP contribution is -2.51. The summed E-state index contributed by atoms with van der Waals surface area (Å²) in [5, 5.41) is 12.9. The van der Waals surface area contributed by atoms with Crippen LogP contribution in [0.5, 0.6) is 0 Å². The van der Waals surface area contributed by atoms with Gasteiger partial charge in [0.1, 0.15) is 24.3 Å². The summed E-state index contributed by atoms with van der Waals surface area (Å²) in [5.74, 6) is 0.698. The molecule has 1 unspecified atom stereocenters. The van der Waals surface area contributed by atoms with Crippen LogP contribution in [-0.2, 0) is 10.3 Å². The van der Waals surface area contributed by atoms with E-state index < -0.39 is 0 Å². The highest BCUT2D eigenvalue weighted by atomic mass is 19.2. The Balaban J connectivity index is 1.42. The van der Waals surface area contributed by atoms with Crippen LogP contribution in [0.1, 0.15) is 30.3 Å². The summed E-state index contributed by atoms with van der Waals surface area (Å²) in [7, 11) is 1.69. The number of hydrogen-bond acceptors (Lipinski definition) is 8. The van der Waals surface area contributed by atoms with Gasteiger partial charge < -0.3 is 9.64 Å². The van der Waals surface area contributed by atoms with Crippen LogP contribution >= 0.6 is 0 Å². The van der Waals surface area contributed by atoms with Crippen molar-refractivity contribution >= 4 is 12.0 Å². The molecule has 10 heteroatoms. The lowest BCUT2D eigenvalue weighted by atomic mass is 10.1. The molecule has 3 aliphatic heterocycles. The van der Waals surface area contributed by atoms with Crippen LogP contribution in [0.25, 0.3) is 0 Å². The Bertz CT molecular complexity index is 983. The Morgan fingerprint density at radius 2 is 2.11 bits per heavy atom. The maximum absolute atomic E-state index is 14.1. The molecule has 1 aliphatic carbocycles. The van der Waals surface area contributed by atoms with E-state index in [-0.39, 0.29) is 18.4 Å². The molecule has 4 aliphatic rings. The Kier molecular flexibility index (Phi) is 2.76. The van der Waals surface area contributed by atoms with Gasteiger partial charge in [-0.25, -0.2) is 10.0 Å². The quantitative estimate of drug-likeness (QED) is 0.762. The van der Waals surface area contributed by atoms with Crippen molar-refractivity contribution in [3.05, 3.63) is 53.7 Å². The summed E-state index contributed by atoms with van der Waals surface area (Å²) in [6.45, 7) is 0.138. The summed E-state index contributed by atoms with van der Waals surface area (Å²) in [4.78, 5) is 8.18. The monoisotopic (exact) mass is 368 g/mol. The van der Waals surface area contributed by atoms with Crippen molar-refractivity contribution in [3.8, 4) is 0 Å². The fraction of sp³-hybridized carbons (Fsp3) is 0.353. The lowest BCUT2D eigenvalue weighted by molar-refractivity contribution is 0.0750. The van der Waals surface area contributed by atoms with E-state index >= 15 is 0 Å². The number of fused-ring (bicyclic) bond motifs is 6. The van der Waals surface area contributed by atoms with Gasteiger partial charge in [0, 0.05) is 12.7 Å². The molecule has 4 heterocycles. The van der Waals surface area contributed by atoms with Gasteiger partial charge in [0.05, 0.1) is 18.1 Å². The van der Waals surface area contributed by atoms with Gasteiger partial charge >= 0.3 is 0 Å². The van der Waals surface area contributed by atoms with E-state index in [0.29, 0.717) is 10.9 Å². The number of methoxy groups -OCH3 is 1. The van der Waals surface area contributed by atoms with Crippen LogP contribution in [-0.4, -0.2) is 45.4 Å². The molecule has 0 amide bonds. The van der Waals surface area contributed by atoms with E-state index in [0.717, 1.165) is 29.8 Å². The number of hydrogen-bond donors (Lipinski definition) is 0. The molecule has 0 spiro atoms. The number of hydrazine groups is 1. The molecule has 2 aromatic rings. The fourth-order valence-corrected chi connectivity index (χ4v) is 3.97. The van der Waals surface area contributed by atoms with Crippen molar-refractivity contribution in [2.75, 3.05) is 23.8 Å². The molecule has 1 aromatic heterocycles. The summed E-state index contributed by atoms with van der Waals surface area (Å²) in [6, 6.07) is 7.92. The van der Waals surface area contributed by atoms with Crippen molar-refractivity contribution in [2.24, 2.45) is 4.99 Å². The van der Waals surface area contributed by atoms with E-state index in [1.54, 1.807) is 23.4 Å². The molecule has 6 rings (SSSR count). The fourth-order valence-electron chi connectivity index (χ4n) is 3.97. The van der Waals surface area contributed by atoms with Crippen molar-refractivity contribution < 1.29 is 9.22 Å². The molecule has 0 saturated heterocycles. The van der Waals surface area contributed by atoms with Crippen LogP contribution < -0.4 is 10.0 Å². The number of aliphatic imine (C=N–C) groups is 1. The van der Waals surface area contributed by atoms with Gasteiger partial charge in [-0.15, -0.1) is 9.89 Å². The zero-order valence-corrected chi connectivity index (χ0v) is 14.6. The maximum Gasteiger partial charge on any atom is 0.173 e. The highest BCUT2D eigenvalue weighted by Gasteiger charge is 2.49. The Hall–Kier alpha value is -3.14. The minimum atomic E-state index is -0.322. The van der Waals surface area contributed by atoms with Gasteiger partial charge in [0.2, 0.25) is 0 Å². The molecule has 1 saturated carbocycles. The summed E-state index contributed by atoms with van der Waals surface area (Å²) >= 11 is 0. The number of aromatic nitrogens is 3. The first-order chi connectivity index (χ1) is 13.2. The highest BCUT2D eigenvalue weighted by Crippen LogP contribution is 2.48.